The molecule has 1 saturated heterocycles. The Morgan fingerprint density at radius 3 is 2.71 bits per heavy atom. The molecule has 1 saturated carbocycles. The van der Waals surface area contributed by atoms with Crippen LogP contribution in [0.1, 0.15) is 62.1 Å². The van der Waals surface area contributed by atoms with Crippen molar-refractivity contribution < 1.29 is 9.59 Å². The van der Waals surface area contributed by atoms with Crippen LogP contribution in [-0.2, 0) is 16.0 Å². The first-order valence-electron chi connectivity index (χ1n) is 9.24. The molecule has 4 rings (SSSR count). The highest BCUT2D eigenvalue weighted by atomic mass is 16.2. The van der Waals surface area contributed by atoms with Gasteiger partial charge < -0.3 is 0 Å². The third kappa shape index (κ3) is 2.48. The van der Waals surface area contributed by atoms with Crippen molar-refractivity contribution in [1.29, 1.82) is 0 Å². The van der Waals surface area contributed by atoms with Gasteiger partial charge in [0.2, 0.25) is 11.8 Å². The number of aryl methyl sites for hydroxylation is 1. The summed E-state index contributed by atoms with van der Waals surface area (Å²) in [5, 5.41) is 0. The van der Waals surface area contributed by atoms with Crippen LogP contribution >= 0.6 is 0 Å². The summed E-state index contributed by atoms with van der Waals surface area (Å²) in [4.78, 5) is 29.1. The number of hydrogen-bond donors (Lipinski definition) is 0. The standard InChI is InChI=1S/C20H26N2O2/c1-21(17-10-6-8-15-7-2-3-9-16(15)17)14-22-18(23)13-20(19(22)24)11-4-5-12-20/h2-3,7,9,17H,4-6,8,10-14H2,1H3/t17-/m0/s1. The van der Waals surface area contributed by atoms with Gasteiger partial charge in [-0.1, -0.05) is 37.1 Å². The van der Waals surface area contributed by atoms with Gasteiger partial charge in [-0.15, -0.1) is 0 Å². The molecule has 1 atom stereocenters. The summed E-state index contributed by atoms with van der Waals surface area (Å²) in [7, 11) is 2.05. The van der Waals surface area contributed by atoms with Gasteiger partial charge in [0.15, 0.2) is 0 Å². The van der Waals surface area contributed by atoms with E-state index in [9.17, 15) is 9.59 Å². The Kier molecular flexibility index (Phi) is 3.95. The van der Waals surface area contributed by atoms with Gasteiger partial charge in [0.1, 0.15) is 0 Å². The first-order chi connectivity index (χ1) is 11.6. The lowest BCUT2D eigenvalue weighted by molar-refractivity contribution is -0.144. The molecule has 3 aliphatic rings. The van der Waals surface area contributed by atoms with E-state index in [1.54, 1.807) is 0 Å². The van der Waals surface area contributed by atoms with Gasteiger partial charge in [-0.25, -0.2) is 0 Å². The molecule has 2 fully saturated rings. The minimum atomic E-state index is -0.359. The maximum atomic E-state index is 12.9. The predicted octanol–water partition coefficient (Wildman–Crippen LogP) is 3.27. The lowest BCUT2D eigenvalue weighted by atomic mass is 9.84. The van der Waals surface area contributed by atoms with Crippen LogP contribution in [0, 0.1) is 5.41 Å². The van der Waals surface area contributed by atoms with Crippen molar-refractivity contribution in [3.63, 3.8) is 0 Å². The van der Waals surface area contributed by atoms with Crippen LogP contribution < -0.4 is 0 Å². The van der Waals surface area contributed by atoms with E-state index >= 15 is 0 Å². The minimum absolute atomic E-state index is 0.0258. The Morgan fingerprint density at radius 2 is 1.92 bits per heavy atom. The lowest BCUT2D eigenvalue weighted by Gasteiger charge is -2.35. The molecule has 0 bridgehead atoms. The number of amides is 2. The summed E-state index contributed by atoms with van der Waals surface area (Å²) in [6.07, 6.45) is 7.77. The van der Waals surface area contributed by atoms with Crippen molar-refractivity contribution in [2.24, 2.45) is 5.41 Å². The van der Waals surface area contributed by atoms with Gasteiger partial charge in [-0.2, -0.15) is 0 Å². The second-order valence-electron chi connectivity index (χ2n) is 7.80. The summed E-state index contributed by atoms with van der Waals surface area (Å²) in [5.41, 5.74) is 2.41. The van der Waals surface area contributed by atoms with Crippen molar-refractivity contribution in [2.45, 2.75) is 57.4 Å². The van der Waals surface area contributed by atoms with Crippen LogP contribution in [0.25, 0.3) is 0 Å². The number of imide groups is 1. The monoisotopic (exact) mass is 326 g/mol. The first kappa shape index (κ1) is 15.8. The number of benzene rings is 1. The Hall–Kier alpha value is -1.68. The quantitative estimate of drug-likeness (QED) is 0.801. The van der Waals surface area contributed by atoms with Crippen LogP contribution in [0.2, 0.25) is 0 Å². The van der Waals surface area contributed by atoms with E-state index in [0.29, 0.717) is 19.1 Å². The molecule has 2 amide bonds. The molecule has 1 aromatic carbocycles. The van der Waals surface area contributed by atoms with Crippen molar-refractivity contribution in [2.75, 3.05) is 13.7 Å². The summed E-state index contributed by atoms with van der Waals surface area (Å²) in [6, 6.07) is 8.88. The summed E-state index contributed by atoms with van der Waals surface area (Å²) < 4.78 is 0. The van der Waals surface area contributed by atoms with Crippen LogP contribution in [0.15, 0.2) is 24.3 Å². The van der Waals surface area contributed by atoms with Gasteiger partial charge in [0, 0.05) is 12.5 Å². The number of rotatable bonds is 3. The second-order valence-corrected chi connectivity index (χ2v) is 7.80. The molecule has 24 heavy (non-hydrogen) atoms. The zero-order valence-electron chi connectivity index (χ0n) is 14.5. The number of likely N-dealkylation sites (tertiary alicyclic amines) is 1. The molecular formula is C20H26N2O2. The van der Waals surface area contributed by atoms with Crippen molar-refractivity contribution in [1.82, 2.24) is 9.80 Å². The van der Waals surface area contributed by atoms with Crippen LogP contribution in [0.5, 0.6) is 0 Å². The Bertz CT molecular complexity index is 663. The Morgan fingerprint density at radius 1 is 1.17 bits per heavy atom. The zero-order chi connectivity index (χ0) is 16.7. The molecule has 1 heterocycles. The van der Waals surface area contributed by atoms with Crippen molar-refractivity contribution >= 4 is 11.8 Å². The molecule has 1 aliphatic heterocycles. The number of fused-ring (bicyclic) bond motifs is 1. The van der Waals surface area contributed by atoms with E-state index < -0.39 is 0 Å². The van der Waals surface area contributed by atoms with Crippen LogP contribution in [0.3, 0.4) is 0 Å². The van der Waals surface area contributed by atoms with Gasteiger partial charge in [0.25, 0.3) is 0 Å². The fourth-order valence-electron chi connectivity index (χ4n) is 4.95. The molecule has 4 nitrogen and oxygen atoms in total. The number of carbonyl (C=O) groups excluding carboxylic acids is 2. The summed E-state index contributed by atoms with van der Waals surface area (Å²) >= 11 is 0. The molecule has 1 spiro atoms. The maximum Gasteiger partial charge on any atom is 0.237 e. The third-order valence-corrected chi connectivity index (χ3v) is 6.28. The highest BCUT2D eigenvalue weighted by Crippen LogP contribution is 2.47. The highest BCUT2D eigenvalue weighted by Gasteiger charge is 2.52. The maximum absolute atomic E-state index is 12.9. The third-order valence-electron chi connectivity index (χ3n) is 6.28. The number of nitrogens with zero attached hydrogens (tertiary/aromatic N) is 2. The Labute approximate surface area is 143 Å². The Balaban J connectivity index is 1.52. The second kappa shape index (κ2) is 5.99. The number of carbonyl (C=O) groups is 2. The molecule has 2 aliphatic carbocycles. The topological polar surface area (TPSA) is 40.6 Å². The summed E-state index contributed by atoms with van der Waals surface area (Å²) in [6.45, 7) is 0.429. The largest absolute Gasteiger partial charge is 0.282 e. The molecule has 0 N–H and O–H groups in total. The molecule has 0 aromatic heterocycles. The van der Waals surface area contributed by atoms with E-state index in [1.807, 2.05) is 7.05 Å². The van der Waals surface area contributed by atoms with Crippen LogP contribution in [-0.4, -0.2) is 35.3 Å². The fourth-order valence-corrected chi connectivity index (χ4v) is 4.95. The predicted molar refractivity (Wildman–Crippen MR) is 92.1 cm³/mol. The van der Waals surface area contributed by atoms with Crippen molar-refractivity contribution in [3.8, 4) is 0 Å². The first-order valence-corrected chi connectivity index (χ1v) is 9.24. The fraction of sp³-hybridized carbons (Fsp3) is 0.600. The SMILES string of the molecule is CN(CN1C(=O)CC2(CCCC2)C1=O)[C@H]1CCCc2ccccc21. The normalized spacial score (nSPS) is 25.8. The van der Waals surface area contributed by atoms with Gasteiger partial charge in [-0.05, 0) is 50.3 Å². The van der Waals surface area contributed by atoms with Crippen molar-refractivity contribution in [3.05, 3.63) is 35.4 Å². The van der Waals surface area contributed by atoms with E-state index in [1.165, 1.54) is 16.0 Å². The zero-order valence-corrected chi connectivity index (χ0v) is 14.5. The highest BCUT2D eigenvalue weighted by molar-refractivity contribution is 6.06. The molecular weight excluding hydrogens is 300 g/mol. The number of hydrogen-bond acceptors (Lipinski definition) is 3. The van der Waals surface area contributed by atoms with Gasteiger partial charge in [-0.3, -0.25) is 19.4 Å². The minimum Gasteiger partial charge on any atom is -0.282 e. The van der Waals surface area contributed by atoms with Gasteiger partial charge in [0.05, 0.1) is 12.1 Å². The summed E-state index contributed by atoms with van der Waals surface area (Å²) in [5.74, 6) is 0.110. The average molecular weight is 326 g/mol. The van der Waals surface area contributed by atoms with E-state index in [0.717, 1.165) is 44.9 Å². The molecule has 128 valence electrons. The smallest absolute Gasteiger partial charge is 0.237 e. The molecule has 4 heteroatoms. The van der Waals surface area contributed by atoms with E-state index in [4.69, 9.17) is 0 Å². The molecule has 1 aromatic rings. The van der Waals surface area contributed by atoms with E-state index in [2.05, 4.69) is 29.2 Å². The molecule has 0 radical (unpaired) electrons. The van der Waals surface area contributed by atoms with Crippen LogP contribution in [0.4, 0.5) is 0 Å². The van der Waals surface area contributed by atoms with Gasteiger partial charge >= 0.3 is 0 Å². The lowest BCUT2D eigenvalue weighted by Crippen LogP contribution is -2.43. The average Bonchev–Trinajstić information content (AvgIpc) is 3.15. The molecule has 0 unspecified atom stereocenters. The van der Waals surface area contributed by atoms with E-state index in [-0.39, 0.29) is 17.2 Å².